The molecule has 0 bridgehead atoms. The van der Waals surface area contributed by atoms with Gasteiger partial charge in [0.05, 0.1) is 5.41 Å². The SMILES string of the molecule is Cc1ccc(NC(=O)C2(C(C)C)CC2)cc1. The summed E-state index contributed by atoms with van der Waals surface area (Å²) in [6.45, 7) is 6.30. The minimum Gasteiger partial charge on any atom is -0.326 e. The summed E-state index contributed by atoms with van der Waals surface area (Å²) in [6, 6.07) is 7.96. The van der Waals surface area contributed by atoms with Gasteiger partial charge in [-0.3, -0.25) is 4.79 Å². The highest BCUT2D eigenvalue weighted by atomic mass is 16.2. The van der Waals surface area contributed by atoms with Crippen LogP contribution in [0.1, 0.15) is 32.3 Å². The molecule has 2 nitrogen and oxygen atoms in total. The number of hydrogen-bond donors (Lipinski definition) is 1. The van der Waals surface area contributed by atoms with Gasteiger partial charge in [-0.15, -0.1) is 0 Å². The standard InChI is InChI=1S/C14H19NO/c1-10(2)14(8-9-14)13(16)15-12-6-4-11(3)5-7-12/h4-7,10H,8-9H2,1-3H3,(H,15,16). The molecule has 0 aromatic heterocycles. The number of benzene rings is 1. The molecule has 1 N–H and O–H groups in total. The van der Waals surface area contributed by atoms with Crippen LogP contribution < -0.4 is 5.32 Å². The van der Waals surface area contributed by atoms with Crippen molar-refractivity contribution in [3.63, 3.8) is 0 Å². The highest BCUT2D eigenvalue weighted by Crippen LogP contribution is 2.52. The van der Waals surface area contributed by atoms with Crippen molar-refractivity contribution in [1.82, 2.24) is 0 Å². The van der Waals surface area contributed by atoms with Gasteiger partial charge < -0.3 is 5.32 Å². The highest BCUT2D eigenvalue weighted by Gasteiger charge is 2.51. The van der Waals surface area contributed by atoms with E-state index in [0.717, 1.165) is 18.5 Å². The Hall–Kier alpha value is -1.31. The van der Waals surface area contributed by atoms with Crippen molar-refractivity contribution >= 4 is 11.6 Å². The molecule has 86 valence electrons. The maximum absolute atomic E-state index is 12.1. The zero-order valence-electron chi connectivity index (χ0n) is 10.2. The molecule has 2 heteroatoms. The van der Waals surface area contributed by atoms with E-state index in [-0.39, 0.29) is 11.3 Å². The first-order valence-corrected chi connectivity index (χ1v) is 5.93. The van der Waals surface area contributed by atoms with Gasteiger partial charge >= 0.3 is 0 Å². The lowest BCUT2D eigenvalue weighted by Gasteiger charge is -2.18. The Bertz CT molecular complexity index is 388. The number of hydrogen-bond acceptors (Lipinski definition) is 1. The van der Waals surface area contributed by atoms with Gasteiger partial charge in [0.15, 0.2) is 0 Å². The van der Waals surface area contributed by atoms with Crippen LogP contribution in [0.15, 0.2) is 24.3 Å². The predicted octanol–water partition coefficient (Wildman–Crippen LogP) is 3.37. The average Bonchev–Trinajstić information content (AvgIpc) is 3.02. The second-order valence-corrected chi connectivity index (χ2v) is 5.13. The van der Waals surface area contributed by atoms with E-state index in [1.165, 1.54) is 5.56 Å². The van der Waals surface area contributed by atoms with Crippen molar-refractivity contribution in [3.8, 4) is 0 Å². The summed E-state index contributed by atoms with van der Waals surface area (Å²) in [6.07, 6.45) is 2.06. The van der Waals surface area contributed by atoms with Crippen LogP contribution in [-0.2, 0) is 4.79 Å². The van der Waals surface area contributed by atoms with Crippen LogP contribution in [0, 0.1) is 18.3 Å². The van der Waals surface area contributed by atoms with E-state index in [1.807, 2.05) is 31.2 Å². The van der Waals surface area contributed by atoms with Crippen molar-refractivity contribution in [2.24, 2.45) is 11.3 Å². The average molecular weight is 217 g/mol. The van der Waals surface area contributed by atoms with E-state index in [4.69, 9.17) is 0 Å². The number of anilines is 1. The number of carbonyl (C=O) groups excluding carboxylic acids is 1. The van der Waals surface area contributed by atoms with E-state index in [1.54, 1.807) is 0 Å². The van der Waals surface area contributed by atoms with E-state index in [2.05, 4.69) is 19.2 Å². The summed E-state index contributed by atoms with van der Waals surface area (Å²) in [7, 11) is 0. The van der Waals surface area contributed by atoms with E-state index in [0.29, 0.717) is 5.92 Å². The Kier molecular flexibility index (Phi) is 2.75. The monoisotopic (exact) mass is 217 g/mol. The molecule has 0 unspecified atom stereocenters. The zero-order valence-corrected chi connectivity index (χ0v) is 10.2. The molecule has 1 saturated carbocycles. The first-order chi connectivity index (χ1) is 7.54. The van der Waals surface area contributed by atoms with E-state index in [9.17, 15) is 4.79 Å². The lowest BCUT2D eigenvalue weighted by atomic mass is 9.91. The molecule has 1 amide bonds. The molecule has 1 aromatic carbocycles. The van der Waals surface area contributed by atoms with Crippen LogP contribution in [0.25, 0.3) is 0 Å². The quantitative estimate of drug-likeness (QED) is 0.826. The summed E-state index contributed by atoms with van der Waals surface area (Å²) < 4.78 is 0. The molecule has 0 spiro atoms. The third-order valence-corrected chi connectivity index (χ3v) is 3.66. The molecule has 1 aliphatic rings. The number of aryl methyl sites for hydroxylation is 1. The van der Waals surface area contributed by atoms with Gasteiger partial charge in [0.1, 0.15) is 0 Å². The van der Waals surface area contributed by atoms with Gasteiger partial charge in [-0.25, -0.2) is 0 Å². The van der Waals surface area contributed by atoms with Crippen LogP contribution in [0.5, 0.6) is 0 Å². The largest absolute Gasteiger partial charge is 0.326 e. The molecule has 0 heterocycles. The van der Waals surface area contributed by atoms with Crippen LogP contribution >= 0.6 is 0 Å². The predicted molar refractivity (Wildman–Crippen MR) is 66.3 cm³/mol. The second-order valence-electron chi connectivity index (χ2n) is 5.13. The molecular weight excluding hydrogens is 198 g/mol. The molecule has 1 fully saturated rings. The van der Waals surface area contributed by atoms with Gasteiger partial charge in [0.2, 0.25) is 5.91 Å². The smallest absolute Gasteiger partial charge is 0.230 e. The number of amides is 1. The lowest BCUT2D eigenvalue weighted by molar-refractivity contribution is -0.122. The number of rotatable bonds is 3. The fourth-order valence-electron chi connectivity index (χ4n) is 2.09. The van der Waals surface area contributed by atoms with Crippen LogP contribution in [0.3, 0.4) is 0 Å². The molecule has 1 aromatic rings. The molecule has 0 saturated heterocycles. The molecule has 2 rings (SSSR count). The summed E-state index contributed by atoms with van der Waals surface area (Å²) >= 11 is 0. The van der Waals surface area contributed by atoms with Gasteiger partial charge in [0.25, 0.3) is 0 Å². The van der Waals surface area contributed by atoms with Crippen molar-refractivity contribution in [2.45, 2.75) is 33.6 Å². The molecule has 16 heavy (non-hydrogen) atoms. The maximum atomic E-state index is 12.1. The topological polar surface area (TPSA) is 29.1 Å². The molecule has 1 aliphatic carbocycles. The minimum absolute atomic E-state index is 0.0924. The van der Waals surface area contributed by atoms with Crippen molar-refractivity contribution in [3.05, 3.63) is 29.8 Å². The molecule has 0 aliphatic heterocycles. The van der Waals surface area contributed by atoms with Crippen LogP contribution in [-0.4, -0.2) is 5.91 Å². The summed E-state index contributed by atoms with van der Waals surface area (Å²) in [5.41, 5.74) is 2.02. The minimum atomic E-state index is -0.0924. The van der Waals surface area contributed by atoms with Crippen LogP contribution in [0.4, 0.5) is 5.69 Å². The normalized spacial score (nSPS) is 17.2. The summed E-state index contributed by atoms with van der Waals surface area (Å²) in [4.78, 5) is 12.1. The Balaban J connectivity index is 2.06. The fourth-order valence-corrected chi connectivity index (χ4v) is 2.09. The Morgan fingerprint density at radius 3 is 2.25 bits per heavy atom. The third-order valence-electron chi connectivity index (χ3n) is 3.66. The van der Waals surface area contributed by atoms with E-state index < -0.39 is 0 Å². The molecular formula is C14H19NO. The second kappa shape index (κ2) is 3.93. The number of nitrogens with one attached hydrogen (secondary N) is 1. The molecule has 0 atom stereocenters. The van der Waals surface area contributed by atoms with Gasteiger partial charge in [-0.2, -0.15) is 0 Å². The summed E-state index contributed by atoms with van der Waals surface area (Å²) in [5.74, 6) is 0.615. The molecule has 0 radical (unpaired) electrons. The zero-order chi connectivity index (χ0) is 11.8. The first-order valence-electron chi connectivity index (χ1n) is 5.93. The van der Waals surface area contributed by atoms with Crippen molar-refractivity contribution in [2.75, 3.05) is 5.32 Å². The first kappa shape index (κ1) is 11.2. The lowest BCUT2D eigenvalue weighted by Crippen LogP contribution is -2.28. The van der Waals surface area contributed by atoms with Crippen molar-refractivity contribution < 1.29 is 4.79 Å². The Morgan fingerprint density at radius 2 is 1.81 bits per heavy atom. The maximum Gasteiger partial charge on any atom is 0.230 e. The Labute approximate surface area is 97.1 Å². The Morgan fingerprint density at radius 1 is 1.25 bits per heavy atom. The number of carbonyl (C=O) groups is 1. The van der Waals surface area contributed by atoms with Gasteiger partial charge in [-0.1, -0.05) is 31.5 Å². The van der Waals surface area contributed by atoms with Crippen molar-refractivity contribution in [1.29, 1.82) is 0 Å². The third kappa shape index (κ3) is 1.97. The highest BCUT2D eigenvalue weighted by molar-refractivity contribution is 5.97. The van der Waals surface area contributed by atoms with Gasteiger partial charge in [0, 0.05) is 5.69 Å². The van der Waals surface area contributed by atoms with E-state index >= 15 is 0 Å². The summed E-state index contributed by atoms with van der Waals surface area (Å²) in [5, 5.41) is 3.01. The van der Waals surface area contributed by atoms with Crippen LogP contribution in [0.2, 0.25) is 0 Å². The fraction of sp³-hybridized carbons (Fsp3) is 0.500. The van der Waals surface area contributed by atoms with Gasteiger partial charge in [-0.05, 0) is 37.8 Å².